The summed E-state index contributed by atoms with van der Waals surface area (Å²) in [7, 11) is 2.06. The largest absolute Gasteiger partial charge is 0.317 e. The predicted molar refractivity (Wildman–Crippen MR) is 74.0 cm³/mol. The van der Waals surface area contributed by atoms with E-state index in [1.807, 2.05) is 31.2 Å². The molecule has 0 spiro atoms. The summed E-state index contributed by atoms with van der Waals surface area (Å²) in [5, 5.41) is 3.35. The number of hydrogen-bond acceptors (Lipinski definition) is 3. The highest BCUT2D eigenvalue weighted by atomic mass is 16.1. The standard InChI is InChI=1S/C15H22N2O/c1-12-4-3-5-13(10-12)15(18)11-17(2)14-6-8-16-9-7-14/h3-5,10,14,16H,6-9,11H2,1-2H3. The Bertz CT molecular complexity index is 411. The molecule has 0 unspecified atom stereocenters. The van der Waals surface area contributed by atoms with Gasteiger partial charge in [-0.3, -0.25) is 9.69 Å². The van der Waals surface area contributed by atoms with Gasteiger partial charge in [0.05, 0.1) is 6.54 Å². The van der Waals surface area contributed by atoms with Crippen molar-refractivity contribution in [3.63, 3.8) is 0 Å². The Labute approximate surface area is 109 Å². The molecular formula is C15H22N2O. The average molecular weight is 246 g/mol. The number of Topliss-reactive ketones (excluding diaryl/α,β-unsaturated/α-hetero) is 1. The SMILES string of the molecule is Cc1cccc(C(=O)CN(C)C2CCNCC2)c1. The van der Waals surface area contributed by atoms with Crippen LogP contribution in [0.1, 0.15) is 28.8 Å². The van der Waals surface area contributed by atoms with Crippen LogP contribution in [0, 0.1) is 6.92 Å². The highest BCUT2D eigenvalue weighted by molar-refractivity contribution is 5.97. The first-order chi connectivity index (χ1) is 8.66. The molecule has 3 heteroatoms. The lowest BCUT2D eigenvalue weighted by molar-refractivity contribution is 0.0903. The van der Waals surface area contributed by atoms with Crippen molar-refractivity contribution >= 4 is 5.78 Å². The Morgan fingerprint density at radius 1 is 1.39 bits per heavy atom. The molecular weight excluding hydrogens is 224 g/mol. The molecule has 1 saturated heterocycles. The average Bonchev–Trinajstić information content (AvgIpc) is 2.39. The van der Waals surface area contributed by atoms with Gasteiger partial charge in [-0.05, 0) is 46.0 Å². The van der Waals surface area contributed by atoms with Crippen molar-refractivity contribution in [1.29, 1.82) is 0 Å². The third kappa shape index (κ3) is 3.40. The Kier molecular flexibility index (Phi) is 4.50. The second kappa shape index (κ2) is 6.12. The van der Waals surface area contributed by atoms with Gasteiger partial charge >= 0.3 is 0 Å². The van der Waals surface area contributed by atoms with E-state index in [2.05, 4.69) is 17.3 Å². The summed E-state index contributed by atoms with van der Waals surface area (Å²) in [6.07, 6.45) is 2.27. The van der Waals surface area contributed by atoms with Gasteiger partial charge in [-0.2, -0.15) is 0 Å². The Hall–Kier alpha value is -1.19. The number of aryl methyl sites for hydroxylation is 1. The molecule has 3 nitrogen and oxygen atoms in total. The van der Waals surface area contributed by atoms with Crippen LogP contribution in [0.5, 0.6) is 0 Å². The molecule has 0 bridgehead atoms. The molecule has 1 aliphatic rings. The lowest BCUT2D eigenvalue weighted by atomic mass is 10.0. The monoisotopic (exact) mass is 246 g/mol. The normalized spacial score (nSPS) is 17.1. The van der Waals surface area contributed by atoms with Crippen LogP contribution in [-0.2, 0) is 0 Å². The zero-order valence-electron chi connectivity index (χ0n) is 11.3. The van der Waals surface area contributed by atoms with Crippen LogP contribution in [0.15, 0.2) is 24.3 Å². The predicted octanol–water partition coefficient (Wildman–Crippen LogP) is 1.86. The zero-order chi connectivity index (χ0) is 13.0. The second-order valence-corrected chi connectivity index (χ2v) is 5.19. The van der Waals surface area contributed by atoms with Crippen LogP contribution in [-0.4, -0.2) is 43.4 Å². The first-order valence-corrected chi connectivity index (χ1v) is 6.67. The summed E-state index contributed by atoms with van der Waals surface area (Å²) in [5.74, 6) is 0.222. The summed E-state index contributed by atoms with van der Waals surface area (Å²) >= 11 is 0. The minimum absolute atomic E-state index is 0.222. The highest BCUT2D eigenvalue weighted by Gasteiger charge is 2.20. The second-order valence-electron chi connectivity index (χ2n) is 5.19. The van der Waals surface area contributed by atoms with Crippen LogP contribution in [0.3, 0.4) is 0 Å². The first-order valence-electron chi connectivity index (χ1n) is 6.67. The fourth-order valence-corrected chi connectivity index (χ4v) is 2.51. The number of carbonyl (C=O) groups is 1. The molecule has 0 aromatic heterocycles. The smallest absolute Gasteiger partial charge is 0.176 e. The number of benzene rings is 1. The van der Waals surface area contributed by atoms with Crippen molar-refractivity contribution in [2.45, 2.75) is 25.8 Å². The lowest BCUT2D eigenvalue weighted by Gasteiger charge is -2.31. The molecule has 1 heterocycles. The Morgan fingerprint density at radius 2 is 2.11 bits per heavy atom. The van der Waals surface area contributed by atoms with Gasteiger partial charge in [0.1, 0.15) is 0 Å². The molecule has 0 saturated carbocycles. The molecule has 0 radical (unpaired) electrons. The van der Waals surface area contributed by atoms with Gasteiger partial charge in [0.15, 0.2) is 5.78 Å². The summed E-state index contributed by atoms with van der Waals surface area (Å²) in [6, 6.07) is 8.39. The molecule has 98 valence electrons. The molecule has 1 aromatic rings. The summed E-state index contributed by atoms with van der Waals surface area (Å²) in [4.78, 5) is 14.4. The van der Waals surface area contributed by atoms with E-state index < -0.39 is 0 Å². The van der Waals surface area contributed by atoms with E-state index >= 15 is 0 Å². The fourth-order valence-electron chi connectivity index (χ4n) is 2.51. The number of likely N-dealkylation sites (N-methyl/N-ethyl adjacent to an activating group) is 1. The third-order valence-corrected chi connectivity index (χ3v) is 3.67. The van der Waals surface area contributed by atoms with Gasteiger partial charge in [-0.1, -0.05) is 23.8 Å². The van der Waals surface area contributed by atoms with Crippen LogP contribution in [0.25, 0.3) is 0 Å². The maximum Gasteiger partial charge on any atom is 0.176 e. The van der Waals surface area contributed by atoms with Gasteiger partial charge in [0.25, 0.3) is 0 Å². The summed E-state index contributed by atoms with van der Waals surface area (Å²) in [6.45, 7) is 4.67. The van der Waals surface area contributed by atoms with Gasteiger partial charge in [0.2, 0.25) is 0 Å². The summed E-state index contributed by atoms with van der Waals surface area (Å²) in [5.41, 5.74) is 1.97. The zero-order valence-corrected chi connectivity index (χ0v) is 11.3. The number of nitrogens with one attached hydrogen (secondary N) is 1. The van der Waals surface area contributed by atoms with E-state index in [1.165, 1.54) is 0 Å². The molecule has 0 atom stereocenters. The molecule has 1 fully saturated rings. The van der Waals surface area contributed by atoms with Crippen LogP contribution >= 0.6 is 0 Å². The maximum atomic E-state index is 12.2. The van der Waals surface area contributed by atoms with Gasteiger partial charge in [-0.25, -0.2) is 0 Å². The van der Waals surface area contributed by atoms with Crippen molar-refractivity contribution in [2.75, 3.05) is 26.7 Å². The Morgan fingerprint density at radius 3 is 2.78 bits per heavy atom. The number of rotatable bonds is 4. The van der Waals surface area contributed by atoms with E-state index in [-0.39, 0.29) is 5.78 Å². The molecule has 1 aliphatic heterocycles. The number of nitrogens with zero attached hydrogens (tertiary/aromatic N) is 1. The van der Waals surface area contributed by atoms with E-state index in [1.54, 1.807) is 0 Å². The van der Waals surface area contributed by atoms with E-state index in [0.717, 1.165) is 37.1 Å². The van der Waals surface area contributed by atoms with Crippen molar-refractivity contribution < 1.29 is 4.79 Å². The van der Waals surface area contributed by atoms with E-state index in [0.29, 0.717) is 12.6 Å². The minimum Gasteiger partial charge on any atom is -0.317 e. The molecule has 1 N–H and O–H groups in total. The van der Waals surface area contributed by atoms with Crippen molar-refractivity contribution in [3.05, 3.63) is 35.4 Å². The van der Waals surface area contributed by atoms with E-state index in [9.17, 15) is 4.79 Å². The van der Waals surface area contributed by atoms with E-state index in [4.69, 9.17) is 0 Å². The van der Waals surface area contributed by atoms with Crippen LogP contribution in [0.4, 0.5) is 0 Å². The number of carbonyl (C=O) groups excluding carboxylic acids is 1. The molecule has 0 amide bonds. The minimum atomic E-state index is 0.222. The Balaban J connectivity index is 1.94. The van der Waals surface area contributed by atoms with Crippen LogP contribution < -0.4 is 5.32 Å². The maximum absolute atomic E-state index is 12.2. The molecule has 18 heavy (non-hydrogen) atoms. The summed E-state index contributed by atoms with van der Waals surface area (Å²) < 4.78 is 0. The van der Waals surface area contributed by atoms with Crippen molar-refractivity contribution in [2.24, 2.45) is 0 Å². The van der Waals surface area contributed by atoms with Crippen molar-refractivity contribution in [1.82, 2.24) is 10.2 Å². The quantitative estimate of drug-likeness (QED) is 0.823. The number of ketones is 1. The van der Waals surface area contributed by atoms with Gasteiger partial charge < -0.3 is 5.32 Å². The molecule has 1 aromatic carbocycles. The fraction of sp³-hybridized carbons (Fsp3) is 0.533. The third-order valence-electron chi connectivity index (χ3n) is 3.67. The first kappa shape index (κ1) is 13.2. The molecule has 2 rings (SSSR count). The number of piperidine rings is 1. The van der Waals surface area contributed by atoms with Crippen molar-refractivity contribution in [3.8, 4) is 0 Å². The highest BCUT2D eigenvalue weighted by Crippen LogP contribution is 2.11. The lowest BCUT2D eigenvalue weighted by Crippen LogP contribution is -2.43. The van der Waals surface area contributed by atoms with Gasteiger partial charge in [-0.15, -0.1) is 0 Å². The topological polar surface area (TPSA) is 32.3 Å². The number of hydrogen-bond donors (Lipinski definition) is 1. The van der Waals surface area contributed by atoms with Gasteiger partial charge in [0, 0.05) is 11.6 Å². The van der Waals surface area contributed by atoms with Crippen LogP contribution in [0.2, 0.25) is 0 Å². The molecule has 0 aliphatic carbocycles.